The Morgan fingerprint density at radius 2 is 1.93 bits per heavy atom. The molecule has 15 heavy (non-hydrogen) atoms. The topological polar surface area (TPSA) is 104 Å². The van der Waals surface area contributed by atoms with Crippen LogP contribution in [-0.4, -0.2) is 27.3 Å². The fourth-order valence-corrected chi connectivity index (χ4v) is 1.04. The zero-order valence-corrected chi connectivity index (χ0v) is 9.97. The Morgan fingerprint density at radius 3 is 2.40 bits per heavy atom. The summed E-state index contributed by atoms with van der Waals surface area (Å²) < 4.78 is 0. The van der Waals surface area contributed by atoms with Gasteiger partial charge in [0, 0.05) is 0 Å². The first-order valence-electron chi connectivity index (χ1n) is 4.00. The molecule has 0 bridgehead atoms. The van der Waals surface area contributed by atoms with Crippen molar-refractivity contribution in [3.05, 3.63) is 23.8 Å². The number of benzene rings is 1. The third-order valence-electron chi connectivity index (χ3n) is 1.81. The van der Waals surface area contributed by atoms with Crippen molar-refractivity contribution in [1.29, 1.82) is 0 Å². The first-order chi connectivity index (χ1) is 6.50. The maximum Gasteiger partial charge on any atom is 3.00 e. The van der Waals surface area contributed by atoms with Crippen molar-refractivity contribution in [3.63, 3.8) is 0 Å². The molecule has 1 atom stereocenters. The molecule has 5 nitrogen and oxygen atoms in total. The van der Waals surface area contributed by atoms with Gasteiger partial charge in [-0.15, -0.1) is 0 Å². The number of carboxylic acids is 1. The molecule has 0 heterocycles. The van der Waals surface area contributed by atoms with Gasteiger partial charge in [0.25, 0.3) is 0 Å². The molecule has 0 amide bonds. The van der Waals surface area contributed by atoms with Gasteiger partial charge in [-0.1, -0.05) is 6.07 Å². The SMILES string of the molecule is N[C@@H](Cc1ccc(O)c(O)c1)C(=O)O.[Gd+3]. The summed E-state index contributed by atoms with van der Waals surface area (Å²) in [4.78, 5) is 10.4. The molecule has 0 spiro atoms. The van der Waals surface area contributed by atoms with Crippen LogP contribution in [0.25, 0.3) is 0 Å². The van der Waals surface area contributed by atoms with Crippen LogP contribution in [-0.2, 0) is 11.2 Å². The molecule has 0 aromatic heterocycles. The van der Waals surface area contributed by atoms with Crippen LogP contribution < -0.4 is 5.73 Å². The second kappa shape index (κ2) is 6.22. The third kappa shape index (κ3) is 4.30. The van der Waals surface area contributed by atoms with Crippen LogP contribution in [0.5, 0.6) is 11.5 Å². The number of nitrogens with two attached hydrogens (primary N) is 1. The summed E-state index contributed by atoms with van der Waals surface area (Å²) in [5.74, 6) is -1.62. The molecule has 0 saturated carbocycles. The Hall–Kier alpha value is -0.425. The molecule has 5 N–H and O–H groups in total. The van der Waals surface area contributed by atoms with E-state index in [4.69, 9.17) is 21.1 Å². The summed E-state index contributed by atoms with van der Waals surface area (Å²) in [5, 5.41) is 26.6. The van der Waals surface area contributed by atoms with Gasteiger partial charge >= 0.3 is 45.9 Å². The van der Waals surface area contributed by atoms with Crippen molar-refractivity contribution in [2.45, 2.75) is 12.5 Å². The van der Waals surface area contributed by atoms with Crippen LogP contribution in [0.1, 0.15) is 5.56 Å². The number of phenolic OH excluding ortho intramolecular Hbond substituents is 2. The van der Waals surface area contributed by atoms with Gasteiger partial charge < -0.3 is 21.1 Å². The summed E-state index contributed by atoms with van der Waals surface area (Å²) in [7, 11) is 0. The number of rotatable bonds is 3. The summed E-state index contributed by atoms with van der Waals surface area (Å²) in [6, 6.07) is 3.09. The smallest absolute Gasteiger partial charge is 0.504 e. The first kappa shape index (κ1) is 14.6. The Bertz CT molecular complexity index is 356. The number of aromatic hydroxyl groups is 2. The minimum Gasteiger partial charge on any atom is -0.504 e. The Morgan fingerprint density at radius 1 is 1.33 bits per heavy atom. The van der Waals surface area contributed by atoms with Gasteiger partial charge in [0.1, 0.15) is 6.04 Å². The molecular formula is C9H11GdNO4+3. The number of carboxylic acid groups (broad SMARTS) is 1. The third-order valence-corrected chi connectivity index (χ3v) is 1.81. The summed E-state index contributed by atoms with van der Waals surface area (Å²) in [6.07, 6.45) is 0.114. The average molecular weight is 354 g/mol. The number of hydrogen-bond acceptors (Lipinski definition) is 4. The van der Waals surface area contributed by atoms with E-state index in [9.17, 15) is 4.79 Å². The summed E-state index contributed by atoms with van der Waals surface area (Å²) >= 11 is 0. The van der Waals surface area contributed by atoms with E-state index in [2.05, 4.69) is 0 Å². The number of aliphatic carboxylic acids is 1. The first-order valence-corrected chi connectivity index (χ1v) is 4.00. The Kier molecular flexibility index (Phi) is 6.04. The van der Waals surface area contributed by atoms with Gasteiger partial charge in [0.15, 0.2) is 11.5 Å². The van der Waals surface area contributed by atoms with E-state index in [-0.39, 0.29) is 57.9 Å². The zero-order chi connectivity index (χ0) is 10.7. The average Bonchev–Trinajstić information content (AvgIpc) is 2.11. The standard InChI is InChI=1S/C9H11NO4.Gd/c10-6(9(13)14)3-5-1-2-7(11)8(12)4-5;/h1-2,4,6,11-12H,3,10H2,(H,13,14);/q;+3/t6-;/m0./s1. The van der Waals surface area contributed by atoms with Gasteiger partial charge in [0.2, 0.25) is 0 Å². The maximum atomic E-state index is 10.4. The molecule has 1 aromatic carbocycles. The van der Waals surface area contributed by atoms with Gasteiger partial charge in [-0.2, -0.15) is 0 Å². The quantitative estimate of drug-likeness (QED) is 0.575. The van der Waals surface area contributed by atoms with Gasteiger partial charge in [-0.25, -0.2) is 0 Å². The Labute approximate surface area is 119 Å². The van der Waals surface area contributed by atoms with Crippen LogP contribution in [0.2, 0.25) is 0 Å². The second-order valence-electron chi connectivity index (χ2n) is 2.97. The van der Waals surface area contributed by atoms with Crippen LogP contribution in [0.15, 0.2) is 18.2 Å². The molecule has 0 aliphatic rings. The molecule has 0 saturated heterocycles. The molecule has 6 heteroatoms. The zero-order valence-electron chi connectivity index (χ0n) is 7.70. The predicted molar refractivity (Wildman–Crippen MR) is 49.1 cm³/mol. The van der Waals surface area contributed by atoms with Gasteiger partial charge in [-0.3, -0.25) is 4.79 Å². The molecule has 1 aromatic rings. The van der Waals surface area contributed by atoms with E-state index in [1.807, 2.05) is 0 Å². The fourth-order valence-electron chi connectivity index (χ4n) is 1.04. The van der Waals surface area contributed by atoms with Crippen LogP contribution >= 0.6 is 0 Å². The predicted octanol–water partition coefficient (Wildman–Crippen LogP) is 0.0522. The van der Waals surface area contributed by atoms with E-state index in [1.165, 1.54) is 18.2 Å². The maximum absolute atomic E-state index is 10.4. The number of carbonyl (C=O) groups is 1. The van der Waals surface area contributed by atoms with E-state index < -0.39 is 12.0 Å². The fraction of sp³-hybridized carbons (Fsp3) is 0.222. The van der Waals surface area contributed by atoms with Crippen molar-refractivity contribution in [2.75, 3.05) is 0 Å². The van der Waals surface area contributed by atoms with Crippen molar-refractivity contribution in [1.82, 2.24) is 0 Å². The van der Waals surface area contributed by atoms with Crippen molar-refractivity contribution in [3.8, 4) is 11.5 Å². The van der Waals surface area contributed by atoms with Crippen LogP contribution in [0.3, 0.4) is 0 Å². The number of phenols is 2. The Balaban J connectivity index is 0.00000196. The van der Waals surface area contributed by atoms with Gasteiger partial charge in [0.05, 0.1) is 0 Å². The summed E-state index contributed by atoms with van der Waals surface area (Å²) in [5.41, 5.74) is 5.86. The van der Waals surface area contributed by atoms with E-state index >= 15 is 0 Å². The molecule has 0 aliphatic heterocycles. The molecule has 1 radical (unpaired) electrons. The monoisotopic (exact) mass is 355 g/mol. The summed E-state index contributed by atoms with van der Waals surface area (Å²) in [6.45, 7) is 0. The van der Waals surface area contributed by atoms with Crippen molar-refractivity contribution >= 4 is 5.97 Å². The number of hydrogen-bond donors (Lipinski definition) is 4. The molecule has 1 rings (SSSR count). The largest absolute Gasteiger partial charge is 3.00 e. The minimum atomic E-state index is -1.10. The van der Waals surface area contributed by atoms with Crippen molar-refractivity contribution < 1.29 is 60.1 Å². The van der Waals surface area contributed by atoms with Gasteiger partial charge in [-0.05, 0) is 24.1 Å². The normalized spacial score (nSPS) is 11.5. The van der Waals surface area contributed by atoms with Crippen LogP contribution in [0, 0.1) is 39.9 Å². The van der Waals surface area contributed by atoms with E-state index in [0.29, 0.717) is 5.56 Å². The molecule has 81 valence electrons. The van der Waals surface area contributed by atoms with E-state index in [0.717, 1.165) is 0 Å². The molecule has 0 fully saturated rings. The van der Waals surface area contributed by atoms with E-state index in [1.54, 1.807) is 0 Å². The van der Waals surface area contributed by atoms with Crippen molar-refractivity contribution in [2.24, 2.45) is 5.73 Å². The minimum absolute atomic E-state index is 0. The molecular weight excluding hydrogens is 343 g/mol. The molecule has 0 unspecified atom stereocenters. The van der Waals surface area contributed by atoms with Crippen LogP contribution in [0.4, 0.5) is 0 Å². The molecule has 0 aliphatic carbocycles. The second-order valence-corrected chi connectivity index (χ2v) is 2.97.